The highest BCUT2D eigenvalue weighted by Gasteiger charge is 2.32. The van der Waals surface area contributed by atoms with Gasteiger partial charge in [0.05, 0.1) is 17.2 Å². The molecule has 0 spiro atoms. The van der Waals surface area contributed by atoms with Gasteiger partial charge < -0.3 is 15.0 Å². The van der Waals surface area contributed by atoms with E-state index in [1.54, 1.807) is 26.0 Å². The monoisotopic (exact) mass is 573 g/mol. The Bertz CT molecular complexity index is 1400. The Balaban J connectivity index is 2.02. The fourth-order valence-electron chi connectivity index (χ4n) is 3.91. The summed E-state index contributed by atoms with van der Waals surface area (Å²) in [6, 6.07) is 14.7. The maximum absolute atomic E-state index is 13.8. The van der Waals surface area contributed by atoms with Gasteiger partial charge in [0.2, 0.25) is 11.8 Å². The molecule has 214 valence electrons. The van der Waals surface area contributed by atoms with Gasteiger partial charge in [-0.05, 0) is 93.9 Å². The van der Waals surface area contributed by atoms with Gasteiger partial charge in [0.1, 0.15) is 30.0 Å². The van der Waals surface area contributed by atoms with Crippen molar-refractivity contribution in [3.8, 4) is 5.75 Å². The highest BCUT2D eigenvalue weighted by Crippen LogP contribution is 2.27. The SMILES string of the molecule is CCOc1ccc(N(CC(=O)N(Cc2ccc(F)cc2)[C@@H](C)C(=O)NC(C)C)S(=O)(=O)c2ccc(F)cc2)cc1. The van der Waals surface area contributed by atoms with E-state index in [4.69, 9.17) is 4.74 Å². The fraction of sp³-hybridized carbons (Fsp3) is 0.310. The smallest absolute Gasteiger partial charge is 0.264 e. The Morgan fingerprint density at radius 1 is 0.875 bits per heavy atom. The number of ether oxygens (including phenoxy) is 1. The molecule has 0 bridgehead atoms. The van der Waals surface area contributed by atoms with Gasteiger partial charge >= 0.3 is 0 Å². The van der Waals surface area contributed by atoms with Gasteiger partial charge in [-0.3, -0.25) is 13.9 Å². The van der Waals surface area contributed by atoms with Crippen molar-refractivity contribution in [1.82, 2.24) is 10.2 Å². The van der Waals surface area contributed by atoms with Crippen molar-refractivity contribution in [2.75, 3.05) is 17.5 Å². The Morgan fingerprint density at radius 3 is 1.95 bits per heavy atom. The van der Waals surface area contributed by atoms with Crippen molar-refractivity contribution in [1.29, 1.82) is 0 Å². The number of anilines is 1. The van der Waals surface area contributed by atoms with Crippen LogP contribution in [0.2, 0.25) is 0 Å². The zero-order chi connectivity index (χ0) is 29.4. The Morgan fingerprint density at radius 2 is 1.43 bits per heavy atom. The number of hydrogen-bond acceptors (Lipinski definition) is 5. The van der Waals surface area contributed by atoms with Gasteiger partial charge in [-0.15, -0.1) is 0 Å². The number of carbonyl (C=O) groups excluding carboxylic acids is 2. The lowest BCUT2D eigenvalue weighted by molar-refractivity contribution is -0.139. The highest BCUT2D eigenvalue weighted by atomic mass is 32.2. The van der Waals surface area contributed by atoms with Crippen LogP contribution in [0.4, 0.5) is 14.5 Å². The fourth-order valence-corrected chi connectivity index (χ4v) is 5.33. The van der Waals surface area contributed by atoms with Crippen LogP contribution in [-0.4, -0.2) is 50.4 Å². The average molecular weight is 574 g/mol. The minimum atomic E-state index is -4.34. The van der Waals surface area contributed by atoms with Crippen molar-refractivity contribution < 1.29 is 31.5 Å². The lowest BCUT2D eigenvalue weighted by Gasteiger charge is -2.32. The summed E-state index contributed by atoms with van der Waals surface area (Å²) in [6.45, 7) is 6.58. The largest absolute Gasteiger partial charge is 0.494 e. The Hall–Kier alpha value is -3.99. The summed E-state index contributed by atoms with van der Waals surface area (Å²) in [5, 5.41) is 2.76. The van der Waals surface area contributed by atoms with Crippen LogP contribution in [0, 0.1) is 11.6 Å². The van der Waals surface area contributed by atoms with Crippen LogP contribution in [0.3, 0.4) is 0 Å². The van der Waals surface area contributed by atoms with Crippen molar-refractivity contribution in [2.24, 2.45) is 0 Å². The third kappa shape index (κ3) is 7.78. The number of rotatable bonds is 12. The number of benzene rings is 3. The second-order valence-corrected chi connectivity index (χ2v) is 11.2. The molecule has 0 aliphatic rings. The van der Waals surface area contributed by atoms with Gasteiger partial charge in [-0.2, -0.15) is 0 Å². The standard InChI is InChI=1S/C29H33F2N3O5S/c1-5-39-26-14-12-25(13-15-26)34(40(37,38)27-16-10-24(31)11-17-27)19-28(35)33(21(4)29(36)32-20(2)3)18-22-6-8-23(30)9-7-22/h6-17,20-21H,5,18-19H2,1-4H3,(H,32,36)/t21-/m0/s1. The van der Waals surface area contributed by atoms with Crippen molar-refractivity contribution in [3.05, 3.63) is 90.0 Å². The van der Waals surface area contributed by atoms with E-state index in [0.717, 1.165) is 28.6 Å². The van der Waals surface area contributed by atoms with Crippen LogP contribution >= 0.6 is 0 Å². The summed E-state index contributed by atoms with van der Waals surface area (Å²) in [7, 11) is -4.34. The normalized spacial score (nSPS) is 12.1. The molecule has 0 saturated carbocycles. The van der Waals surface area contributed by atoms with Gasteiger partial charge in [0.15, 0.2) is 0 Å². The van der Waals surface area contributed by atoms with Crippen molar-refractivity contribution >= 4 is 27.5 Å². The molecular formula is C29H33F2N3O5S. The van der Waals surface area contributed by atoms with Crippen LogP contribution in [0.25, 0.3) is 0 Å². The van der Waals surface area contributed by atoms with E-state index in [1.807, 2.05) is 6.92 Å². The van der Waals surface area contributed by atoms with Gasteiger partial charge in [-0.1, -0.05) is 12.1 Å². The molecule has 2 amide bonds. The van der Waals surface area contributed by atoms with E-state index >= 15 is 0 Å². The quantitative estimate of drug-likeness (QED) is 0.344. The summed E-state index contributed by atoms with van der Waals surface area (Å²) < 4.78 is 60.9. The molecule has 0 aliphatic carbocycles. The van der Waals surface area contributed by atoms with Crippen LogP contribution in [-0.2, 0) is 26.2 Å². The summed E-state index contributed by atoms with van der Waals surface area (Å²) in [6.07, 6.45) is 0. The third-order valence-electron chi connectivity index (χ3n) is 5.98. The highest BCUT2D eigenvalue weighted by molar-refractivity contribution is 7.92. The zero-order valence-electron chi connectivity index (χ0n) is 22.8. The number of sulfonamides is 1. The first-order chi connectivity index (χ1) is 18.9. The maximum atomic E-state index is 13.8. The van der Waals surface area contributed by atoms with E-state index < -0.39 is 46.1 Å². The summed E-state index contributed by atoms with van der Waals surface area (Å²) >= 11 is 0. The van der Waals surface area contributed by atoms with Crippen LogP contribution in [0.5, 0.6) is 5.75 Å². The molecule has 0 unspecified atom stereocenters. The maximum Gasteiger partial charge on any atom is 0.264 e. The minimum Gasteiger partial charge on any atom is -0.494 e. The van der Waals surface area contributed by atoms with Gasteiger partial charge in [0, 0.05) is 12.6 Å². The average Bonchev–Trinajstić information content (AvgIpc) is 2.91. The number of nitrogens with zero attached hydrogens (tertiary/aromatic N) is 2. The van der Waals surface area contributed by atoms with Crippen molar-refractivity contribution in [3.63, 3.8) is 0 Å². The van der Waals surface area contributed by atoms with Crippen LogP contribution in [0.15, 0.2) is 77.7 Å². The van der Waals surface area contributed by atoms with E-state index in [2.05, 4.69) is 5.32 Å². The zero-order valence-corrected chi connectivity index (χ0v) is 23.6. The topological polar surface area (TPSA) is 96.0 Å². The molecule has 0 heterocycles. The number of amides is 2. The molecule has 3 aromatic carbocycles. The van der Waals surface area contributed by atoms with Crippen LogP contribution < -0.4 is 14.4 Å². The predicted octanol–water partition coefficient (Wildman–Crippen LogP) is 4.50. The number of halogens is 2. The molecule has 0 fully saturated rings. The number of nitrogens with one attached hydrogen (secondary N) is 1. The molecule has 0 aliphatic heterocycles. The molecule has 0 saturated heterocycles. The number of hydrogen-bond donors (Lipinski definition) is 1. The molecule has 1 N–H and O–H groups in total. The lowest BCUT2D eigenvalue weighted by Crippen LogP contribution is -2.52. The summed E-state index contributed by atoms with van der Waals surface area (Å²) in [4.78, 5) is 27.7. The molecule has 1 atom stereocenters. The predicted molar refractivity (Wildman–Crippen MR) is 148 cm³/mol. The molecule has 8 nitrogen and oxygen atoms in total. The first-order valence-electron chi connectivity index (χ1n) is 12.8. The van der Waals surface area contributed by atoms with E-state index in [0.29, 0.717) is 17.9 Å². The molecule has 0 aromatic heterocycles. The molecule has 40 heavy (non-hydrogen) atoms. The molecule has 11 heteroatoms. The van der Waals surface area contributed by atoms with E-state index in [9.17, 15) is 26.8 Å². The first kappa shape index (κ1) is 30.6. The minimum absolute atomic E-state index is 0.0699. The molecular weight excluding hydrogens is 540 g/mol. The number of carbonyl (C=O) groups is 2. The lowest BCUT2D eigenvalue weighted by atomic mass is 10.1. The van der Waals surface area contributed by atoms with Crippen molar-refractivity contribution in [2.45, 2.75) is 51.2 Å². The second kappa shape index (κ2) is 13.4. The third-order valence-corrected chi connectivity index (χ3v) is 7.77. The van der Waals surface area contributed by atoms with Gasteiger partial charge in [-0.25, -0.2) is 17.2 Å². The van der Waals surface area contributed by atoms with E-state index in [-0.39, 0.29) is 23.2 Å². The molecule has 3 aromatic rings. The van der Waals surface area contributed by atoms with Crippen LogP contribution in [0.1, 0.15) is 33.3 Å². The second-order valence-electron chi connectivity index (χ2n) is 9.38. The summed E-state index contributed by atoms with van der Waals surface area (Å²) in [5.41, 5.74) is 0.718. The first-order valence-corrected chi connectivity index (χ1v) is 14.2. The van der Waals surface area contributed by atoms with Gasteiger partial charge in [0.25, 0.3) is 10.0 Å². The Labute approximate surface area is 233 Å². The molecule has 3 rings (SSSR count). The summed E-state index contributed by atoms with van der Waals surface area (Å²) in [5.74, 6) is -1.67. The Kier molecular flexibility index (Phi) is 10.2. The van der Waals surface area contributed by atoms with E-state index in [1.165, 1.54) is 48.2 Å². The molecule has 0 radical (unpaired) electrons.